The van der Waals surface area contributed by atoms with Gasteiger partial charge >= 0.3 is 0 Å². The molecule has 6 heteroatoms. The summed E-state index contributed by atoms with van der Waals surface area (Å²) in [4.78, 5) is 22.1. The number of rotatable bonds is 3. The molecule has 0 radical (unpaired) electrons. The molecule has 1 aliphatic rings. The number of aromatic nitrogens is 2. The highest BCUT2D eigenvalue weighted by Gasteiger charge is 2.27. The number of amides is 1. The number of halogens is 1. The molecule has 0 bridgehead atoms. The Balaban J connectivity index is 1.84. The summed E-state index contributed by atoms with van der Waals surface area (Å²) >= 11 is 0. The lowest BCUT2D eigenvalue weighted by atomic mass is 9.94. The van der Waals surface area contributed by atoms with E-state index < -0.39 is 0 Å². The van der Waals surface area contributed by atoms with Crippen LogP contribution in [0.1, 0.15) is 31.4 Å². The summed E-state index contributed by atoms with van der Waals surface area (Å²) in [5, 5.41) is 0. The molecule has 1 atom stereocenters. The summed E-state index contributed by atoms with van der Waals surface area (Å²) in [5.41, 5.74) is 0.711. The van der Waals surface area contributed by atoms with E-state index in [0.29, 0.717) is 23.9 Å². The second-order valence-corrected chi connectivity index (χ2v) is 5.61. The SMILES string of the molecule is CC(=O)N1CCC[C@@H](c2nccnc2Oc2cccc(F)c2)C1. The first-order valence-electron chi connectivity index (χ1n) is 7.63. The van der Waals surface area contributed by atoms with Crippen LogP contribution in [0.2, 0.25) is 0 Å². The van der Waals surface area contributed by atoms with E-state index >= 15 is 0 Å². The van der Waals surface area contributed by atoms with Gasteiger partial charge in [0, 0.05) is 44.4 Å². The largest absolute Gasteiger partial charge is 0.437 e. The zero-order valence-electron chi connectivity index (χ0n) is 12.9. The molecule has 0 saturated carbocycles. The molecule has 120 valence electrons. The van der Waals surface area contributed by atoms with Crippen molar-refractivity contribution in [3.8, 4) is 11.6 Å². The van der Waals surface area contributed by atoms with Gasteiger partial charge in [0.05, 0.1) is 0 Å². The summed E-state index contributed by atoms with van der Waals surface area (Å²) in [5.74, 6) is 0.518. The number of carbonyl (C=O) groups is 1. The molecule has 0 aliphatic carbocycles. The van der Waals surface area contributed by atoms with Crippen molar-refractivity contribution < 1.29 is 13.9 Å². The van der Waals surface area contributed by atoms with Crippen molar-refractivity contribution in [3.05, 3.63) is 48.2 Å². The Hall–Kier alpha value is -2.50. The van der Waals surface area contributed by atoms with Crippen molar-refractivity contribution >= 4 is 5.91 Å². The van der Waals surface area contributed by atoms with Crippen molar-refractivity contribution in [2.75, 3.05) is 13.1 Å². The molecule has 1 aliphatic heterocycles. The first kappa shape index (κ1) is 15.4. The van der Waals surface area contributed by atoms with Gasteiger partial charge in [0.2, 0.25) is 11.8 Å². The van der Waals surface area contributed by atoms with E-state index in [1.165, 1.54) is 12.1 Å². The Kier molecular flexibility index (Phi) is 4.50. The maximum absolute atomic E-state index is 13.3. The van der Waals surface area contributed by atoms with Crippen LogP contribution in [-0.2, 0) is 4.79 Å². The van der Waals surface area contributed by atoms with Crippen molar-refractivity contribution in [3.63, 3.8) is 0 Å². The van der Waals surface area contributed by atoms with Crippen LogP contribution in [0.3, 0.4) is 0 Å². The Bertz CT molecular complexity index is 708. The predicted octanol–water partition coefficient (Wildman–Crippen LogP) is 3.13. The van der Waals surface area contributed by atoms with Crippen molar-refractivity contribution in [2.45, 2.75) is 25.7 Å². The minimum Gasteiger partial charge on any atom is -0.437 e. The second kappa shape index (κ2) is 6.73. The summed E-state index contributed by atoms with van der Waals surface area (Å²) in [6.07, 6.45) is 4.99. The van der Waals surface area contributed by atoms with Gasteiger partial charge in [-0.05, 0) is 25.0 Å². The molecule has 0 N–H and O–H groups in total. The monoisotopic (exact) mass is 315 g/mol. The lowest BCUT2D eigenvalue weighted by molar-refractivity contribution is -0.130. The lowest BCUT2D eigenvalue weighted by Gasteiger charge is -2.32. The number of piperidine rings is 1. The highest BCUT2D eigenvalue weighted by atomic mass is 19.1. The van der Waals surface area contributed by atoms with Crippen LogP contribution in [0.15, 0.2) is 36.7 Å². The third kappa shape index (κ3) is 3.64. The lowest BCUT2D eigenvalue weighted by Crippen LogP contribution is -2.38. The van der Waals surface area contributed by atoms with Gasteiger partial charge in [-0.2, -0.15) is 0 Å². The molecule has 1 saturated heterocycles. The van der Waals surface area contributed by atoms with E-state index in [9.17, 15) is 9.18 Å². The van der Waals surface area contributed by atoms with E-state index in [4.69, 9.17) is 4.74 Å². The molecule has 2 aromatic rings. The zero-order valence-corrected chi connectivity index (χ0v) is 12.9. The van der Waals surface area contributed by atoms with Crippen LogP contribution in [0.4, 0.5) is 4.39 Å². The van der Waals surface area contributed by atoms with Crippen molar-refractivity contribution in [1.29, 1.82) is 0 Å². The van der Waals surface area contributed by atoms with Crippen molar-refractivity contribution in [1.82, 2.24) is 14.9 Å². The summed E-state index contributed by atoms with van der Waals surface area (Å²) in [6, 6.07) is 5.92. The van der Waals surface area contributed by atoms with Gasteiger partial charge in [0.1, 0.15) is 17.3 Å². The quantitative estimate of drug-likeness (QED) is 0.873. The minimum absolute atomic E-state index is 0.0613. The molecule has 3 rings (SSSR count). The van der Waals surface area contributed by atoms with Crippen LogP contribution in [-0.4, -0.2) is 33.9 Å². The number of hydrogen-bond acceptors (Lipinski definition) is 4. The maximum Gasteiger partial charge on any atom is 0.241 e. The summed E-state index contributed by atoms with van der Waals surface area (Å²) in [7, 11) is 0. The molecule has 0 spiro atoms. The smallest absolute Gasteiger partial charge is 0.241 e. The highest BCUT2D eigenvalue weighted by molar-refractivity contribution is 5.73. The van der Waals surface area contributed by atoms with E-state index in [0.717, 1.165) is 19.4 Å². The molecule has 1 amide bonds. The molecule has 2 heterocycles. The van der Waals surface area contributed by atoms with E-state index in [1.807, 2.05) is 4.90 Å². The summed E-state index contributed by atoms with van der Waals surface area (Å²) < 4.78 is 19.0. The number of carbonyl (C=O) groups excluding carboxylic acids is 1. The van der Waals surface area contributed by atoms with Gasteiger partial charge < -0.3 is 9.64 Å². The fourth-order valence-corrected chi connectivity index (χ4v) is 2.82. The van der Waals surface area contributed by atoms with Crippen molar-refractivity contribution in [2.24, 2.45) is 0 Å². The molecule has 0 unspecified atom stereocenters. The Morgan fingerprint density at radius 2 is 2.17 bits per heavy atom. The first-order valence-corrected chi connectivity index (χ1v) is 7.63. The molecule has 23 heavy (non-hydrogen) atoms. The average molecular weight is 315 g/mol. The van der Waals surface area contributed by atoms with E-state index in [2.05, 4.69) is 9.97 Å². The number of ether oxygens (including phenoxy) is 1. The van der Waals surface area contributed by atoms with Crippen LogP contribution in [0.25, 0.3) is 0 Å². The number of benzene rings is 1. The maximum atomic E-state index is 13.3. The number of hydrogen-bond donors (Lipinski definition) is 0. The van der Waals surface area contributed by atoms with Crippen LogP contribution < -0.4 is 4.74 Å². The van der Waals surface area contributed by atoms with Gasteiger partial charge in [-0.15, -0.1) is 0 Å². The van der Waals surface area contributed by atoms with Gasteiger partial charge in [-0.3, -0.25) is 9.78 Å². The number of likely N-dealkylation sites (tertiary alicyclic amines) is 1. The molecular formula is C17H18FN3O2. The second-order valence-electron chi connectivity index (χ2n) is 5.61. The third-order valence-corrected chi connectivity index (χ3v) is 3.96. The standard InChI is InChI=1S/C17H18FN3O2/c1-12(22)21-9-3-4-13(11-21)16-17(20-8-7-19-16)23-15-6-2-5-14(18)10-15/h2,5-8,10,13H,3-4,9,11H2,1H3/t13-/m1/s1. The van der Waals surface area contributed by atoms with Crippen LogP contribution in [0.5, 0.6) is 11.6 Å². The Labute approximate surface area is 134 Å². The molecule has 1 fully saturated rings. The van der Waals surface area contributed by atoms with E-state index in [-0.39, 0.29) is 17.6 Å². The molecule has 1 aromatic heterocycles. The first-order chi connectivity index (χ1) is 11.1. The molecular weight excluding hydrogens is 297 g/mol. The Morgan fingerprint density at radius 1 is 1.35 bits per heavy atom. The summed E-state index contributed by atoms with van der Waals surface area (Å²) in [6.45, 7) is 2.95. The zero-order chi connectivity index (χ0) is 16.2. The van der Waals surface area contributed by atoms with Crippen LogP contribution in [0, 0.1) is 5.82 Å². The van der Waals surface area contributed by atoms with E-state index in [1.54, 1.807) is 31.5 Å². The average Bonchev–Trinajstić information content (AvgIpc) is 2.55. The third-order valence-electron chi connectivity index (χ3n) is 3.96. The molecule has 5 nitrogen and oxygen atoms in total. The van der Waals surface area contributed by atoms with Gasteiger partial charge in [0.15, 0.2) is 0 Å². The Morgan fingerprint density at radius 3 is 2.96 bits per heavy atom. The fourth-order valence-electron chi connectivity index (χ4n) is 2.82. The fraction of sp³-hybridized carbons (Fsp3) is 0.353. The highest BCUT2D eigenvalue weighted by Crippen LogP contribution is 2.32. The van der Waals surface area contributed by atoms with Gasteiger partial charge in [0.25, 0.3) is 0 Å². The van der Waals surface area contributed by atoms with Gasteiger partial charge in [-0.25, -0.2) is 9.37 Å². The molecule has 1 aromatic carbocycles. The topological polar surface area (TPSA) is 55.3 Å². The number of nitrogens with zero attached hydrogens (tertiary/aromatic N) is 3. The normalized spacial score (nSPS) is 17.8. The van der Waals surface area contributed by atoms with Crippen LogP contribution >= 0.6 is 0 Å². The minimum atomic E-state index is -0.367. The predicted molar refractivity (Wildman–Crippen MR) is 82.7 cm³/mol. The van der Waals surface area contributed by atoms with Gasteiger partial charge in [-0.1, -0.05) is 6.07 Å².